The number of hydrogen-bond acceptors (Lipinski definition) is 4. The fraction of sp³-hybridized carbons (Fsp3) is 0.133. The summed E-state index contributed by atoms with van der Waals surface area (Å²) in [5.74, 6) is 0.153. The first-order valence-corrected chi connectivity index (χ1v) is 6.88. The summed E-state index contributed by atoms with van der Waals surface area (Å²) >= 11 is 3.39. The lowest BCUT2D eigenvalue weighted by atomic mass is 10.1. The zero-order chi connectivity index (χ0) is 15.4. The Balaban J connectivity index is 2.15. The Morgan fingerprint density at radius 2 is 2.05 bits per heavy atom. The lowest BCUT2D eigenvalue weighted by molar-refractivity contribution is 0.0698. The number of rotatable bonds is 5. The molecule has 0 aliphatic rings. The van der Waals surface area contributed by atoms with Crippen LogP contribution >= 0.6 is 15.9 Å². The lowest BCUT2D eigenvalue weighted by Crippen LogP contribution is -2.03. The molecule has 0 heterocycles. The third-order valence-electron chi connectivity index (χ3n) is 2.89. The summed E-state index contributed by atoms with van der Waals surface area (Å²) < 4.78 is 11.8. The molecule has 0 saturated heterocycles. The normalized spacial score (nSPS) is 10.2. The number of hydrogen-bond donors (Lipinski definition) is 2. The van der Waals surface area contributed by atoms with Crippen LogP contribution in [0.5, 0.6) is 11.5 Å². The highest BCUT2D eigenvalue weighted by molar-refractivity contribution is 9.10. The van der Waals surface area contributed by atoms with Crippen molar-refractivity contribution < 1.29 is 19.4 Å². The zero-order valence-corrected chi connectivity index (χ0v) is 12.9. The van der Waals surface area contributed by atoms with Crippen LogP contribution in [0.1, 0.15) is 15.9 Å². The van der Waals surface area contributed by atoms with Crippen LogP contribution in [-0.4, -0.2) is 18.2 Å². The Morgan fingerprint density at radius 1 is 1.29 bits per heavy atom. The molecule has 110 valence electrons. The molecule has 0 aromatic heterocycles. The molecule has 21 heavy (non-hydrogen) atoms. The second kappa shape index (κ2) is 6.49. The van der Waals surface area contributed by atoms with Crippen LogP contribution in [0.25, 0.3) is 0 Å². The Bertz CT molecular complexity index is 673. The smallest absolute Gasteiger partial charge is 0.337 e. The van der Waals surface area contributed by atoms with Gasteiger partial charge in [-0.2, -0.15) is 0 Å². The lowest BCUT2D eigenvalue weighted by Gasteiger charge is -2.11. The van der Waals surface area contributed by atoms with Gasteiger partial charge in [0.15, 0.2) is 0 Å². The van der Waals surface area contributed by atoms with E-state index in [1.165, 1.54) is 12.1 Å². The van der Waals surface area contributed by atoms with E-state index in [1.807, 2.05) is 18.2 Å². The van der Waals surface area contributed by atoms with E-state index in [2.05, 4.69) is 15.9 Å². The molecular weight excluding hydrogens is 338 g/mol. The quantitative estimate of drug-likeness (QED) is 0.807. The van der Waals surface area contributed by atoms with E-state index >= 15 is 0 Å². The van der Waals surface area contributed by atoms with Gasteiger partial charge in [0.05, 0.1) is 12.7 Å². The third-order valence-corrected chi connectivity index (χ3v) is 3.38. The first-order chi connectivity index (χ1) is 10.0. The number of anilines is 1. The number of aromatic carboxylic acids is 1. The molecule has 0 spiro atoms. The van der Waals surface area contributed by atoms with Crippen molar-refractivity contribution in [3.63, 3.8) is 0 Å². The fourth-order valence-electron chi connectivity index (χ4n) is 1.85. The highest BCUT2D eigenvalue weighted by Crippen LogP contribution is 2.26. The van der Waals surface area contributed by atoms with Crippen molar-refractivity contribution in [2.75, 3.05) is 12.8 Å². The molecule has 2 rings (SSSR count). The van der Waals surface area contributed by atoms with Crippen molar-refractivity contribution in [3.8, 4) is 11.5 Å². The highest BCUT2D eigenvalue weighted by atomic mass is 79.9. The van der Waals surface area contributed by atoms with Crippen LogP contribution < -0.4 is 15.2 Å². The summed E-state index contributed by atoms with van der Waals surface area (Å²) in [5, 5.41) is 8.92. The fourth-order valence-corrected chi connectivity index (χ4v) is 2.25. The first kappa shape index (κ1) is 15.2. The molecular formula is C15H14BrNO4. The Hall–Kier alpha value is -2.21. The average Bonchev–Trinajstić information content (AvgIpc) is 2.45. The number of ether oxygens (including phenoxy) is 2. The molecule has 0 saturated carbocycles. The summed E-state index contributed by atoms with van der Waals surface area (Å²) in [6, 6.07) is 10.1. The average molecular weight is 352 g/mol. The highest BCUT2D eigenvalue weighted by Gasteiger charge is 2.09. The molecule has 6 heteroatoms. The van der Waals surface area contributed by atoms with Crippen molar-refractivity contribution in [1.82, 2.24) is 0 Å². The van der Waals surface area contributed by atoms with Crippen LogP contribution in [0.2, 0.25) is 0 Å². The third kappa shape index (κ3) is 3.66. The molecule has 0 unspecified atom stereocenters. The van der Waals surface area contributed by atoms with Gasteiger partial charge in [0.2, 0.25) is 0 Å². The standard InChI is InChI=1S/C15H14BrNO4/c1-20-14-5-2-10(16)6-9(14)8-21-11-3-4-12(15(18)19)13(17)7-11/h2-7H,8,17H2,1H3,(H,18,19). The SMILES string of the molecule is COc1ccc(Br)cc1COc1ccc(C(=O)O)c(N)c1. The Labute approximate surface area is 130 Å². The van der Waals surface area contributed by atoms with Crippen LogP contribution in [0.4, 0.5) is 5.69 Å². The molecule has 3 N–H and O–H groups in total. The van der Waals surface area contributed by atoms with Crippen molar-refractivity contribution >= 4 is 27.6 Å². The maximum Gasteiger partial charge on any atom is 0.337 e. The molecule has 2 aromatic rings. The van der Waals surface area contributed by atoms with Crippen LogP contribution in [0.15, 0.2) is 40.9 Å². The van der Waals surface area contributed by atoms with Gasteiger partial charge in [0.25, 0.3) is 0 Å². The minimum atomic E-state index is -1.06. The van der Waals surface area contributed by atoms with Gasteiger partial charge in [0.1, 0.15) is 18.1 Å². The monoisotopic (exact) mass is 351 g/mol. The number of carbonyl (C=O) groups is 1. The molecule has 0 amide bonds. The Kier molecular flexibility index (Phi) is 4.70. The van der Waals surface area contributed by atoms with Crippen molar-refractivity contribution in [3.05, 3.63) is 52.0 Å². The summed E-state index contributed by atoms with van der Waals surface area (Å²) in [4.78, 5) is 10.9. The van der Waals surface area contributed by atoms with E-state index in [0.717, 1.165) is 10.0 Å². The molecule has 0 atom stereocenters. The topological polar surface area (TPSA) is 81.8 Å². The predicted octanol–water partition coefficient (Wildman–Crippen LogP) is 3.32. The zero-order valence-electron chi connectivity index (χ0n) is 11.3. The number of carboxylic acids is 1. The van der Waals surface area contributed by atoms with E-state index in [4.69, 9.17) is 20.3 Å². The van der Waals surface area contributed by atoms with Crippen LogP contribution in [-0.2, 0) is 6.61 Å². The van der Waals surface area contributed by atoms with E-state index in [-0.39, 0.29) is 17.9 Å². The van der Waals surface area contributed by atoms with Gasteiger partial charge in [-0.1, -0.05) is 15.9 Å². The number of methoxy groups -OCH3 is 1. The summed E-state index contributed by atoms with van der Waals surface area (Å²) in [7, 11) is 1.59. The maximum absolute atomic E-state index is 10.9. The van der Waals surface area contributed by atoms with E-state index in [1.54, 1.807) is 13.2 Å². The van der Waals surface area contributed by atoms with Gasteiger partial charge in [-0.25, -0.2) is 4.79 Å². The van der Waals surface area contributed by atoms with Gasteiger partial charge in [-0.05, 0) is 30.3 Å². The summed E-state index contributed by atoms with van der Waals surface area (Å²) in [5.41, 5.74) is 6.77. The second-order valence-electron chi connectivity index (χ2n) is 4.30. The van der Waals surface area contributed by atoms with Crippen molar-refractivity contribution in [1.29, 1.82) is 0 Å². The minimum absolute atomic E-state index is 0.0578. The van der Waals surface area contributed by atoms with Crippen LogP contribution in [0, 0.1) is 0 Å². The number of carboxylic acid groups (broad SMARTS) is 1. The number of benzene rings is 2. The van der Waals surface area contributed by atoms with Crippen molar-refractivity contribution in [2.45, 2.75) is 6.61 Å². The van der Waals surface area contributed by atoms with Gasteiger partial charge < -0.3 is 20.3 Å². The van der Waals surface area contributed by atoms with Gasteiger partial charge in [-0.3, -0.25) is 0 Å². The first-order valence-electron chi connectivity index (χ1n) is 6.09. The molecule has 0 radical (unpaired) electrons. The molecule has 0 fully saturated rings. The van der Waals surface area contributed by atoms with Gasteiger partial charge in [0, 0.05) is 21.8 Å². The van der Waals surface area contributed by atoms with Gasteiger partial charge >= 0.3 is 5.97 Å². The minimum Gasteiger partial charge on any atom is -0.496 e. The molecule has 0 aliphatic carbocycles. The molecule has 2 aromatic carbocycles. The van der Waals surface area contributed by atoms with Crippen LogP contribution in [0.3, 0.4) is 0 Å². The number of nitrogens with two attached hydrogens (primary N) is 1. The summed E-state index contributed by atoms with van der Waals surface area (Å²) in [6.07, 6.45) is 0. The predicted molar refractivity (Wildman–Crippen MR) is 82.8 cm³/mol. The molecule has 0 bridgehead atoms. The maximum atomic E-state index is 10.9. The molecule has 5 nitrogen and oxygen atoms in total. The van der Waals surface area contributed by atoms with E-state index in [0.29, 0.717) is 11.5 Å². The van der Waals surface area contributed by atoms with Crippen molar-refractivity contribution in [2.24, 2.45) is 0 Å². The number of halogens is 1. The van der Waals surface area contributed by atoms with Gasteiger partial charge in [-0.15, -0.1) is 0 Å². The largest absolute Gasteiger partial charge is 0.496 e. The Morgan fingerprint density at radius 3 is 2.67 bits per heavy atom. The van der Waals surface area contributed by atoms with E-state index in [9.17, 15) is 4.79 Å². The second-order valence-corrected chi connectivity index (χ2v) is 5.21. The number of nitrogen functional groups attached to an aromatic ring is 1. The van der Waals surface area contributed by atoms with E-state index < -0.39 is 5.97 Å². The molecule has 0 aliphatic heterocycles. The summed E-state index contributed by atoms with van der Waals surface area (Å²) in [6.45, 7) is 0.286.